The molecule has 0 amide bonds. The van der Waals surface area contributed by atoms with E-state index in [2.05, 4.69) is 0 Å². The number of ether oxygens (including phenoxy) is 1. The van der Waals surface area contributed by atoms with E-state index in [0.717, 1.165) is 27.8 Å². The van der Waals surface area contributed by atoms with Gasteiger partial charge in [-0.1, -0.05) is 71.7 Å². The van der Waals surface area contributed by atoms with Gasteiger partial charge in [-0.05, 0) is 46.5 Å². The molecule has 0 aliphatic rings. The maximum absolute atomic E-state index is 10.9. The highest BCUT2D eigenvalue weighted by molar-refractivity contribution is 6.30. The number of methoxy groups -OCH3 is 1. The molecule has 2 nitrogen and oxygen atoms in total. The van der Waals surface area contributed by atoms with E-state index in [4.69, 9.17) is 27.9 Å². The van der Waals surface area contributed by atoms with Gasteiger partial charge in [0.1, 0.15) is 6.10 Å². The summed E-state index contributed by atoms with van der Waals surface area (Å²) in [5, 5.41) is 12.2. The van der Waals surface area contributed by atoms with Gasteiger partial charge in [0, 0.05) is 15.6 Å². The van der Waals surface area contributed by atoms with Gasteiger partial charge in [0.2, 0.25) is 0 Å². The monoisotopic (exact) mass is 384 g/mol. The number of benzene rings is 3. The third-order valence-corrected chi connectivity index (χ3v) is 4.63. The van der Waals surface area contributed by atoms with Crippen LogP contribution in [0.5, 0.6) is 0 Å². The highest BCUT2D eigenvalue weighted by Crippen LogP contribution is 2.33. The second-order valence-corrected chi connectivity index (χ2v) is 6.69. The summed E-state index contributed by atoms with van der Waals surface area (Å²) in [7, 11) is 1.61. The zero-order valence-electron chi connectivity index (χ0n) is 14.2. The Bertz CT molecular complexity index is 900. The fourth-order valence-corrected chi connectivity index (χ4v) is 3.09. The molecule has 0 fully saturated rings. The third-order valence-electron chi connectivity index (χ3n) is 4.12. The Morgan fingerprint density at radius 3 is 2.08 bits per heavy atom. The van der Waals surface area contributed by atoms with Crippen molar-refractivity contribution in [1.82, 2.24) is 0 Å². The van der Waals surface area contributed by atoms with Gasteiger partial charge in [-0.3, -0.25) is 0 Å². The lowest BCUT2D eigenvalue weighted by molar-refractivity contribution is 0.220. The molecule has 3 aromatic carbocycles. The Labute approximate surface area is 163 Å². The van der Waals surface area contributed by atoms with Gasteiger partial charge in [0.25, 0.3) is 0 Å². The summed E-state index contributed by atoms with van der Waals surface area (Å²) < 4.78 is 5.31. The Balaban J connectivity index is 2.08. The van der Waals surface area contributed by atoms with Crippen LogP contribution in [0.15, 0.2) is 79.1 Å². The minimum atomic E-state index is -0.781. The van der Waals surface area contributed by atoms with Crippen LogP contribution >= 0.6 is 23.2 Å². The van der Waals surface area contributed by atoms with E-state index >= 15 is 0 Å². The van der Waals surface area contributed by atoms with E-state index < -0.39 is 6.10 Å². The first kappa shape index (κ1) is 18.5. The average Bonchev–Trinajstić information content (AvgIpc) is 2.67. The van der Waals surface area contributed by atoms with Gasteiger partial charge >= 0.3 is 0 Å². The molecule has 132 valence electrons. The van der Waals surface area contributed by atoms with E-state index in [1.54, 1.807) is 25.5 Å². The van der Waals surface area contributed by atoms with Crippen molar-refractivity contribution < 1.29 is 9.84 Å². The molecular formula is C22H18Cl2O2. The average molecular weight is 385 g/mol. The summed E-state index contributed by atoms with van der Waals surface area (Å²) in [6.45, 7) is 0. The standard InChI is InChI=1S/C22H18Cl2O2/c1-26-14-21(15-6-10-17(23)11-7-15)19-4-2-3-5-20(19)22(25)16-8-12-18(24)13-9-16/h2-14,22,25H,1H3/b21-14+. The fraction of sp³-hybridized carbons (Fsp3) is 0.0909. The van der Waals surface area contributed by atoms with Crippen molar-refractivity contribution in [2.75, 3.05) is 7.11 Å². The molecule has 1 atom stereocenters. The molecule has 0 aliphatic carbocycles. The van der Waals surface area contributed by atoms with Gasteiger partial charge in [0.15, 0.2) is 0 Å². The second-order valence-electron chi connectivity index (χ2n) is 5.82. The van der Waals surface area contributed by atoms with E-state index in [-0.39, 0.29) is 0 Å². The van der Waals surface area contributed by atoms with E-state index in [1.165, 1.54) is 0 Å². The van der Waals surface area contributed by atoms with Crippen molar-refractivity contribution in [3.8, 4) is 0 Å². The van der Waals surface area contributed by atoms with Gasteiger partial charge in [-0.25, -0.2) is 0 Å². The Morgan fingerprint density at radius 1 is 0.885 bits per heavy atom. The molecule has 0 aliphatic heterocycles. The summed E-state index contributed by atoms with van der Waals surface area (Å²) in [6, 6.07) is 22.4. The molecule has 0 saturated heterocycles. The molecule has 4 heteroatoms. The van der Waals surface area contributed by atoms with Gasteiger partial charge in [-0.2, -0.15) is 0 Å². The molecule has 1 N–H and O–H groups in total. The summed E-state index contributed by atoms with van der Waals surface area (Å²) in [6.07, 6.45) is 0.896. The fourth-order valence-electron chi connectivity index (χ4n) is 2.84. The van der Waals surface area contributed by atoms with Crippen molar-refractivity contribution in [1.29, 1.82) is 0 Å². The zero-order valence-corrected chi connectivity index (χ0v) is 15.7. The van der Waals surface area contributed by atoms with Crippen LogP contribution in [0.1, 0.15) is 28.4 Å². The third kappa shape index (κ3) is 4.10. The summed E-state index contributed by atoms with van der Waals surface area (Å²) in [5.41, 5.74) is 4.27. The number of aliphatic hydroxyl groups is 1. The second kappa shape index (κ2) is 8.41. The Morgan fingerprint density at radius 2 is 1.46 bits per heavy atom. The normalized spacial score (nSPS) is 12.7. The van der Waals surface area contributed by atoms with Crippen molar-refractivity contribution in [3.05, 3.63) is 111 Å². The predicted octanol–water partition coefficient (Wildman–Crippen LogP) is 6.11. The number of hydrogen-bond donors (Lipinski definition) is 1. The molecule has 3 rings (SSSR count). The largest absolute Gasteiger partial charge is 0.504 e. The van der Waals surface area contributed by atoms with Crippen LogP contribution < -0.4 is 0 Å². The number of aliphatic hydroxyl groups excluding tert-OH is 1. The molecule has 0 saturated carbocycles. The minimum absolute atomic E-state index is 0.635. The quantitative estimate of drug-likeness (QED) is 0.537. The van der Waals surface area contributed by atoms with Crippen LogP contribution in [0.3, 0.4) is 0 Å². The predicted molar refractivity (Wildman–Crippen MR) is 107 cm³/mol. The van der Waals surface area contributed by atoms with Gasteiger partial charge < -0.3 is 9.84 Å². The molecule has 0 radical (unpaired) electrons. The van der Waals surface area contributed by atoms with Crippen molar-refractivity contribution in [2.45, 2.75) is 6.10 Å². The van der Waals surface area contributed by atoms with Crippen LogP contribution in [-0.2, 0) is 4.74 Å². The van der Waals surface area contributed by atoms with Gasteiger partial charge in [0.05, 0.1) is 13.4 Å². The molecular weight excluding hydrogens is 367 g/mol. The van der Waals surface area contributed by atoms with Crippen LogP contribution in [-0.4, -0.2) is 12.2 Å². The summed E-state index contributed by atoms with van der Waals surface area (Å²) in [5.74, 6) is 0. The molecule has 3 aromatic rings. The molecule has 0 spiro atoms. The first-order valence-electron chi connectivity index (χ1n) is 8.12. The molecule has 1 unspecified atom stereocenters. The van der Waals surface area contributed by atoms with Crippen LogP contribution in [0.25, 0.3) is 5.57 Å². The number of hydrogen-bond acceptors (Lipinski definition) is 2. The van der Waals surface area contributed by atoms with E-state index in [1.807, 2.05) is 60.7 Å². The maximum Gasteiger partial charge on any atom is 0.105 e. The lowest BCUT2D eigenvalue weighted by atomic mass is 9.90. The molecule has 26 heavy (non-hydrogen) atoms. The minimum Gasteiger partial charge on any atom is -0.504 e. The van der Waals surface area contributed by atoms with Crippen LogP contribution in [0.2, 0.25) is 10.0 Å². The highest BCUT2D eigenvalue weighted by atomic mass is 35.5. The SMILES string of the molecule is CO/C=C(\c1ccc(Cl)cc1)c1ccccc1C(O)c1ccc(Cl)cc1. The number of halogens is 2. The summed E-state index contributed by atoms with van der Waals surface area (Å²) in [4.78, 5) is 0. The van der Waals surface area contributed by atoms with Crippen molar-refractivity contribution in [2.24, 2.45) is 0 Å². The Hall–Kier alpha value is -2.26. The first-order chi connectivity index (χ1) is 12.6. The maximum atomic E-state index is 10.9. The smallest absolute Gasteiger partial charge is 0.105 e. The topological polar surface area (TPSA) is 29.5 Å². The first-order valence-corrected chi connectivity index (χ1v) is 8.87. The zero-order chi connectivity index (χ0) is 18.5. The lowest BCUT2D eigenvalue weighted by Crippen LogP contribution is -2.04. The van der Waals surface area contributed by atoms with E-state index in [9.17, 15) is 5.11 Å². The summed E-state index contributed by atoms with van der Waals surface area (Å²) >= 11 is 12.0. The highest BCUT2D eigenvalue weighted by Gasteiger charge is 2.18. The van der Waals surface area contributed by atoms with Crippen molar-refractivity contribution >= 4 is 28.8 Å². The molecule has 0 heterocycles. The van der Waals surface area contributed by atoms with E-state index in [0.29, 0.717) is 10.0 Å². The Kier molecular flexibility index (Phi) is 6.00. The number of rotatable bonds is 5. The molecule has 0 bridgehead atoms. The van der Waals surface area contributed by atoms with Crippen LogP contribution in [0.4, 0.5) is 0 Å². The molecule has 0 aromatic heterocycles. The van der Waals surface area contributed by atoms with Crippen LogP contribution in [0, 0.1) is 0 Å². The van der Waals surface area contributed by atoms with Crippen molar-refractivity contribution in [3.63, 3.8) is 0 Å². The van der Waals surface area contributed by atoms with Gasteiger partial charge in [-0.15, -0.1) is 0 Å². The lowest BCUT2D eigenvalue weighted by Gasteiger charge is -2.18.